The molecule has 0 N–H and O–H groups in total. The highest BCUT2D eigenvalue weighted by Crippen LogP contribution is 2.45. The van der Waals surface area contributed by atoms with E-state index in [1.54, 1.807) is 0 Å². The smallest absolute Gasteiger partial charge is 0.00672 e. The summed E-state index contributed by atoms with van der Waals surface area (Å²) in [6.07, 6.45) is 6.72. The molecule has 0 bridgehead atoms. The molecule has 0 saturated heterocycles. The Morgan fingerprint density at radius 3 is 0.762 bits per heavy atom. The molecule has 0 unspecified atom stereocenters. The number of rotatable bonds is 6. The van der Waals surface area contributed by atoms with Gasteiger partial charge >= 0.3 is 0 Å². The lowest BCUT2D eigenvalue weighted by Gasteiger charge is -2.24. The second-order valence-electron chi connectivity index (χ2n) is 10.8. The number of allylic oxidation sites excluding steroid dienone is 4. The Labute approximate surface area is 249 Å². The molecule has 1 aliphatic carbocycles. The van der Waals surface area contributed by atoms with Gasteiger partial charge in [-0.1, -0.05) is 170 Å². The Bertz CT molecular complexity index is 1620. The minimum Gasteiger partial charge on any atom is -0.0622 e. The van der Waals surface area contributed by atoms with Crippen LogP contribution in [0.2, 0.25) is 0 Å². The highest BCUT2D eigenvalue weighted by Gasteiger charge is 2.21. The van der Waals surface area contributed by atoms with Crippen LogP contribution in [-0.4, -0.2) is 0 Å². The third-order valence-corrected chi connectivity index (χ3v) is 8.26. The highest BCUT2D eigenvalue weighted by atomic mass is 14.2. The van der Waals surface area contributed by atoms with Gasteiger partial charge in [-0.05, 0) is 79.6 Å². The predicted molar refractivity (Wildman–Crippen MR) is 180 cm³/mol. The predicted octanol–water partition coefficient (Wildman–Crippen LogP) is 11.6. The maximum Gasteiger partial charge on any atom is -0.00672 e. The highest BCUT2D eigenvalue weighted by molar-refractivity contribution is 5.96. The summed E-state index contributed by atoms with van der Waals surface area (Å²) >= 11 is 0. The minimum absolute atomic E-state index is 0.979. The van der Waals surface area contributed by atoms with E-state index in [2.05, 4.69) is 170 Å². The third kappa shape index (κ3) is 5.04. The molecule has 6 aromatic rings. The molecule has 0 radical (unpaired) electrons. The summed E-state index contributed by atoms with van der Waals surface area (Å²) in [5, 5.41) is 0. The van der Waals surface area contributed by atoms with Crippen molar-refractivity contribution in [3.8, 4) is 44.5 Å². The van der Waals surface area contributed by atoms with Crippen LogP contribution in [0.15, 0.2) is 170 Å². The fourth-order valence-corrected chi connectivity index (χ4v) is 6.28. The summed E-state index contributed by atoms with van der Waals surface area (Å²) in [5.74, 6) is 0. The van der Waals surface area contributed by atoms with Gasteiger partial charge in [0.05, 0.1) is 0 Å². The van der Waals surface area contributed by atoms with E-state index in [4.69, 9.17) is 0 Å². The molecule has 0 saturated carbocycles. The second-order valence-corrected chi connectivity index (χ2v) is 10.8. The van der Waals surface area contributed by atoms with Crippen molar-refractivity contribution in [1.29, 1.82) is 0 Å². The molecule has 0 aliphatic heterocycles. The van der Waals surface area contributed by atoms with E-state index >= 15 is 0 Å². The molecule has 0 fully saturated rings. The zero-order valence-corrected chi connectivity index (χ0v) is 23.6. The van der Waals surface area contributed by atoms with Gasteiger partial charge in [0.15, 0.2) is 0 Å². The molecule has 0 spiro atoms. The van der Waals surface area contributed by atoms with Crippen molar-refractivity contribution < 1.29 is 0 Å². The van der Waals surface area contributed by atoms with Crippen LogP contribution in [0.3, 0.4) is 0 Å². The first-order valence-corrected chi connectivity index (χ1v) is 14.7. The van der Waals surface area contributed by atoms with Crippen molar-refractivity contribution in [3.63, 3.8) is 0 Å². The number of benzene rings is 6. The molecule has 6 aromatic carbocycles. The Morgan fingerprint density at radius 2 is 0.524 bits per heavy atom. The van der Waals surface area contributed by atoms with Gasteiger partial charge in [0.1, 0.15) is 0 Å². The average molecular weight is 537 g/mol. The Balaban J connectivity index is 1.41. The molecule has 0 amide bonds. The zero-order valence-electron chi connectivity index (χ0n) is 23.6. The van der Waals surface area contributed by atoms with Crippen LogP contribution in [-0.2, 0) is 0 Å². The maximum atomic E-state index is 2.38. The average Bonchev–Trinajstić information content (AvgIpc) is 3.09. The topological polar surface area (TPSA) is 0 Å². The fraction of sp³-hybridized carbons (Fsp3) is 0.0476. The molecule has 0 atom stereocenters. The Morgan fingerprint density at radius 1 is 0.262 bits per heavy atom. The summed E-state index contributed by atoms with van der Waals surface area (Å²) in [7, 11) is 0. The number of hydrogen-bond acceptors (Lipinski definition) is 0. The minimum atomic E-state index is 0.979. The normalized spacial score (nSPS) is 12.9. The van der Waals surface area contributed by atoms with Gasteiger partial charge in [-0.3, -0.25) is 0 Å². The van der Waals surface area contributed by atoms with Gasteiger partial charge in [-0.2, -0.15) is 0 Å². The fourth-order valence-electron chi connectivity index (χ4n) is 6.28. The van der Waals surface area contributed by atoms with Gasteiger partial charge in [-0.25, -0.2) is 0 Å². The van der Waals surface area contributed by atoms with Crippen molar-refractivity contribution in [2.75, 3.05) is 0 Å². The molecule has 200 valence electrons. The lowest BCUT2D eigenvalue weighted by atomic mass is 9.80. The van der Waals surface area contributed by atoms with Crippen molar-refractivity contribution in [3.05, 3.63) is 181 Å². The van der Waals surface area contributed by atoms with Crippen LogP contribution in [0.25, 0.3) is 55.7 Å². The largest absolute Gasteiger partial charge is 0.0622 e. The van der Waals surface area contributed by atoms with Crippen LogP contribution in [0.1, 0.15) is 24.0 Å². The van der Waals surface area contributed by atoms with E-state index in [1.807, 2.05) is 0 Å². The van der Waals surface area contributed by atoms with E-state index < -0.39 is 0 Å². The van der Waals surface area contributed by atoms with Gasteiger partial charge < -0.3 is 0 Å². The van der Waals surface area contributed by atoms with Crippen molar-refractivity contribution >= 4 is 11.1 Å². The van der Waals surface area contributed by atoms with Crippen molar-refractivity contribution in [1.82, 2.24) is 0 Å². The first-order valence-electron chi connectivity index (χ1n) is 14.7. The molecule has 42 heavy (non-hydrogen) atoms. The third-order valence-electron chi connectivity index (χ3n) is 8.26. The molecule has 7 rings (SSSR count). The molecular formula is C42H32. The molecule has 1 aliphatic rings. The molecular weight excluding hydrogens is 504 g/mol. The summed E-state index contributed by atoms with van der Waals surface area (Å²) in [4.78, 5) is 0. The van der Waals surface area contributed by atoms with Gasteiger partial charge in [0.25, 0.3) is 0 Å². The summed E-state index contributed by atoms with van der Waals surface area (Å²) < 4.78 is 0. The van der Waals surface area contributed by atoms with Crippen LogP contribution >= 0.6 is 0 Å². The molecule has 0 nitrogen and oxygen atoms in total. The van der Waals surface area contributed by atoms with Crippen LogP contribution < -0.4 is 0 Å². The second kappa shape index (κ2) is 11.7. The molecule has 0 aromatic heterocycles. The monoisotopic (exact) mass is 536 g/mol. The first-order chi connectivity index (χ1) is 20.9. The quantitative estimate of drug-likeness (QED) is 0.199. The van der Waals surface area contributed by atoms with Crippen molar-refractivity contribution in [2.45, 2.75) is 12.8 Å². The van der Waals surface area contributed by atoms with Crippen LogP contribution in [0, 0.1) is 0 Å². The van der Waals surface area contributed by atoms with Gasteiger partial charge in [-0.15, -0.1) is 0 Å². The maximum absolute atomic E-state index is 2.38. The lowest BCUT2D eigenvalue weighted by Crippen LogP contribution is -2.01. The lowest BCUT2D eigenvalue weighted by molar-refractivity contribution is 1.07. The van der Waals surface area contributed by atoms with E-state index in [0.717, 1.165) is 12.8 Å². The molecule has 0 heteroatoms. The summed E-state index contributed by atoms with van der Waals surface area (Å²) in [6, 6.07) is 56.7. The number of hydrogen-bond donors (Lipinski definition) is 0. The van der Waals surface area contributed by atoms with E-state index in [-0.39, 0.29) is 0 Å². The van der Waals surface area contributed by atoms with E-state index in [9.17, 15) is 0 Å². The van der Waals surface area contributed by atoms with Gasteiger partial charge in [0.2, 0.25) is 0 Å². The first kappa shape index (κ1) is 25.7. The summed E-state index contributed by atoms with van der Waals surface area (Å²) in [6.45, 7) is 0. The SMILES string of the molecule is C1=C(c2c(-c3ccccc3)cccc2-c2ccccc2)CCC(c2c(-c3ccccc3)cccc2-c2ccccc2)=C1. The molecule has 0 heterocycles. The Kier molecular flexibility index (Phi) is 7.19. The van der Waals surface area contributed by atoms with E-state index in [1.165, 1.54) is 66.8 Å². The van der Waals surface area contributed by atoms with Crippen molar-refractivity contribution in [2.24, 2.45) is 0 Å². The van der Waals surface area contributed by atoms with Gasteiger partial charge in [0, 0.05) is 0 Å². The van der Waals surface area contributed by atoms with Crippen LogP contribution in [0.5, 0.6) is 0 Å². The standard InChI is InChI=1S/C42H32/c1-5-15-31(16-6-1)37-23-13-24-38(32-17-7-2-8-18-32)41(37)35-27-29-36(30-28-35)42-39(33-19-9-3-10-20-33)25-14-26-40(42)34-21-11-4-12-22-34/h1-27,29H,28,30H2. The van der Waals surface area contributed by atoms with E-state index in [0.29, 0.717) is 0 Å². The Hall–Kier alpha value is -5.20. The zero-order chi connectivity index (χ0) is 28.1. The van der Waals surface area contributed by atoms with Crippen LogP contribution in [0.4, 0.5) is 0 Å². The summed E-state index contributed by atoms with van der Waals surface area (Å²) in [5.41, 5.74) is 15.6.